The Morgan fingerprint density at radius 1 is 1.14 bits per heavy atom. The Balaban J connectivity index is 1.86. The number of ether oxygens (including phenoxy) is 1. The van der Waals surface area contributed by atoms with Crippen LogP contribution in [0.15, 0.2) is 53.0 Å². The largest absolute Gasteiger partial charge is 0.472 e. The molecule has 0 unspecified atom stereocenters. The molecule has 2 aromatic carbocycles. The van der Waals surface area contributed by atoms with E-state index >= 15 is 0 Å². The van der Waals surface area contributed by atoms with E-state index in [9.17, 15) is 4.39 Å². The smallest absolute Gasteiger partial charge is 0.228 e. The van der Waals surface area contributed by atoms with Gasteiger partial charge >= 0.3 is 0 Å². The number of benzene rings is 2. The number of para-hydroxylation sites is 1. The maximum absolute atomic E-state index is 13.7. The first-order valence-corrected chi connectivity index (χ1v) is 7.42. The fourth-order valence-corrected chi connectivity index (χ4v) is 2.57. The molecule has 0 bridgehead atoms. The molecule has 0 fully saturated rings. The van der Waals surface area contributed by atoms with Crippen LogP contribution < -0.4 is 4.74 Å². The second-order valence-electron chi connectivity index (χ2n) is 4.49. The van der Waals surface area contributed by atoms with E-state index in [0.717, 1.165) is 15.4 Å². The van der Waals surface area contributed by atoms with Crippen molar-refractivity contribution in [2.75, 3.05) is 0 Å². The van der Waals surface area contributed by atoms with Crippen LogP contribution in [0.4, 0.5) is 4.39 Å². The van der Waals surface area contributed by atoms with E-state index in [1.165, 1.54) is 6.07 Å². The Kier molecular flexibility index (Phi) is 4.08. The molecule has 1 aromatic heterocycles. The molecular weight excluding hydrogens is 357 g/mol. The molecular formula is C16H10BrClFNO. The average Bonchev–Trinajstić information content (AvgIpc) is 2.46. The predicted molar refractivity (Wildman–Crippen MR) is 85.2 cm³/mol. The standard InChI is InChI=1S/C16H10BrClFNO/c17-13-7-10-3-1-2-4-15(10)20-16(13)21-9-11-5-6-12(18)8-14(11)19/h1-8H,9H2. The molecule has 3 aromatic rings. The summed E-state index contributed by atoms with van der Waals surface area (Å²) in [5.41, 5.74) is 1.26. The lowest BCUT2D eigenvalue weighted by Gasteiger charge is -2.09. The lowest BCUT2D eigenvalue weighted by Crippen LogP contribution is -2.00. The van der Waals surface area contributed by atoms with Gasteiger partial charge in [0.05, 0.1) is 9.99 Å². The SMILES string of the molecule is Fc1cc(Cl)ccc1COc1nc2ccccc2cc1Br. The second-order valence-corrected chi connectivity index (χ2v) is 5.78. The van der Waals surface area contributed by atoms with Gasteiger partial charge in [-0.3, -0.25) is 0 Å². The molecule has 0 saturated heterocycles. The Morgan fingerprint density at radius 2 is 1.95 bits per heavy atom. The Labute approximate surface area is 134 Å². The van der Waals surface area contributed by atoms with Crippen molar-refractivity contribution in [2.45, 2.75) is 6.61 Å². The zero-order valence-electron chi connectivity index (χ0n) is 10.8. The highest BCUT2D eigenvalue weighted by Crippen LogP contribution is 2.28. The Bertz CT molecular complexity index is 809. The van der Waals surface area contributed by atoms with Crippen LogP contribution in [0.3, 0.4) is 0 Å². The molecule has 3 rings (SSSR count). The first-order valence-electron chi connectivity index (χ1n) is 6.25. The average molecular weight is 367 g/mol. The van der Waals surface area contributed by atoms with E-state index in [2.05, 4.69) is 20.9 Å². The van der Waals surface area contributed by atoms with Crippen molar-refractivity contribution < 1.29 is 9.13 Å². The topological polar surface area (TPSA) is 22.1 Å². The van der Waals surface area contributed by atoms with Crippen LogP contribution in [0.5, 0.6) is 5.88 Å². The van der Waals surface area contributed by atoms with Gasteiger partial charge in [-0.2, -0.15) is 0 Å². The number of halogens is 3. The summed E-state index contributed by atoms with van der Waals surface area (Å²) in [5, 5.41) is 1.37. The van der Waals surface area contributed by atoms with Crippen LogP contribution >= 0.6 is 27.5 Å². The van der Waals surface area contributed by atoms with Gasteiger partial charge in [0.25, 0.3) is 0 Å². The molecule has 21 heavy (non-hydrogen) atoms. The number of fused-ring (bicyclic) bond motifs is 1. The van der Waals surface area contributed by atoms with Gasteiger partial charge in [0.15, 0.2) is 0 Å². The molecule has 0 radical (unpaired) electrons. The summed E-state index contributed by atoms with van der Waals surface area (Å²) < 4.78 is 20.1. The van der Waals surface area contributed by atoms with Crippen LogP contribution in [0, 0.1) is 5.82 Å². The Hall–Kier alpha value is -1.65. The van der Waals surface area contributed by atoms with E-state index in [-0.39, 0.29) is 12.4 Å². The third-order valence-electron chi connectivity index (χ3n) is 3.02. The molecule has 0 saturated carbocycles. The van der Waals surface area contributed by atoms with Gasteiger partial charge in [-0.25, -0.2) is 9.37 Å². The van der Waals surface area contributed by atoms with Gasteiger partial charge in [-0.1, -0.05) is 35.9 Å². The lowest BCUT2D eigenvalue weighted by molar-refractivity contribution is 0.287. The van der Waals surface area contributed by atoms with Crippen molar-refractivity contribution in [1.29, 1.82) is 0 Å². The fraction of sp³-hybridized carbons (Fsp3) is 0.0625. The van der Waals surface area contributed by atoms with Gasteiger partial charge in [-0.15, -0.1) is 0 Å². The summed E-state index contributed by atoms with van der Waals surface area (Å²) in [6.45, 7) is 0.0902. The van der Waals surface area contributed by atoms with Crippen LogP contribution in [-0.4, -0.2) is 4.98 Å². The van der Waals surface area contributed by atoms with Gasteiger partial charge < -0.3 is 4.74 Å². The van der Waals surface area contributed by atoms with Gasteiger partial charge in [0, 0.05) is 16.0 Å². The summed E-state index contributed by atoms with van der Waals surface area (Å²) >= 11 is 9.14. The number of hydrogen-bond donors (Lipinski definition) is 0. The van der Waals surface area contributed by atoms with Crippen molar-refractivity contribution in [1.82, 2.24) is 4.98 Å². The van der Waals surface area contributed by atoms with Crippen LogP contribution in [-0.2, 0) is 6.61 Å². The monoisotopic (exact) mass is 365 g/mol. The molecule has 0 aliphatic rings. The van der Waals surface area contributed by atoms with Crippen molar-refractivity contribution in [3.63, 3.8) is 0 Å². The number of nitrogens with zero attached hydrogens (tertiary/aromatic N) is 1. The van der Waals surface area contributed by atoms with E-state index in [1.807, 2.05) is 30.3 Å². The summed E-state index contributed by atoms with van der Waals surface area (Å²) in [6.07, 6.45) is 0. The van der Waals surface area contributed by atoms with Gasteiger partial charge in [0.1, 0.15) is 12.4 Å². The van der Waals surface area contributed by atoms with E-state index in [4.69, 9.17) is 16.3 Å². The highest BCUT2D eigenvalue weighted by Gasteiger charge is 2.08. The predicted octanol–water partition coefficient (Wildman–Crippen LogP) is 5.37. The van der Waals surface area contributed by atoms with Gasteiger partial charge in [0.2, 0.25) is 5.88 Å². The third-order valence-corrected chi connectivity index (χ3v) is 3.83. The molecule has 0 aliphatic carbocycles. The molecule has 0 amide bonds. The number of hydrogen-bond acceptors (Lipinski definition) is 2. The number of pyridine rings is 1. The lowest BCUT2D eigenvalue weighted by atomic mass is 10.2. The first kappa shape index (κ1) is 14.3. The molecule has 0 N–H and O–H groups in total. The minimum atomic E-state index is -0.389. The fourth-order valence-electron chi connectivity index (χ4n) is 1.96. The zero-order valence-corrected chi connectivity index (χ0v) is 13.2. The first-order chi connectivity index (χ1) is 10.1. The highest BCUT2D eigenvalue weighted by molar-refractivity contribution is 9.10. The molecule has 2 nitrogen and oxygen atoms in total. The van der Waals surface area contributed by atoms with Gasteiger partial charge in [-0.05, 0) is 40.2 Å². The third kappa shape index (κ3) is 3.17. The maximum atomic E-state index is 13.7. The number of aromatic nitrogens is 1. The molecule has 5 heteroatoms. The van der Waals surface area contributed by atoms with E-state index < -0.39 is 0 Å². The molecule has 0 atom stereocenters. The molecule has 0 aliphatic heterocycles. The van der Waals surface area contributed by atoms with Crippen LogP contribution in [0.25, 0.3) is 10.9 Å². The van der Waals surface area contributed by atoms with Crippen LogP contribution in [0.2, 0.25) is 5.02 Å². The van der Waals surface area contributed by atoms with E-state index in [1.54, 1.807) is 12.1 Å². The minimum Gasteiger partial charge on any atom is -0.472 e. The van der Waals surface area contributed by atoms with Crippen molar-refractivity contribution in [3.8, 4) is 5.88 Å². The normalized spacial score (nSPS) is 10.8. The van der Waals surface area contributed by atoms with E-state index in [0.29, 0.717) is 16.5 Å². The highest BCUT2D eigenvalue weighted by atomic mass is 79.9. The zero-order chi connectivity index (χ0) is 14.8. The Morgan fingerprint density at radius 3 is 2.76 bits per heavy atom. The maximum Gasteiger partial charge on any atom is 0.228 e. The summed E-state index contributed by atoms with van der Waals surface area (Å²) in [7, 11) is 0. The summed E-state index contributed by atoms with van der Waals surface area (Å²) in [5.74, 6) is 0.0439. The quantitative estimate of drug-likeness (QED) is 0.622. The molecule has 106 valence electrons. The van der Waals surface area contributed by atoms with Crippen LogP contribution in [0.1, 0.15) is 5.56 Å². The summed E-state index contributed by atoms with van der Waals surface area (Å²) in [4.78, 5) is 4.42. The number of rotatable bonds is 3. The minimum absolute atomic E-state index is 0.0902. The molecule has 1 heterocycles. The van der Waals surface area contributed by atoms with Crippen molar-refractivity contribution in [2.24, 2.45) is 0 Å². The van der Waals surface area contributed by atoms with Crippen molar-refractivity contribution >= 4 is 38.4 Å². The second kappa shape index (κ2) is 6.00. The summed E-state index contributed by atoms with van der Waals surface area (Å²) in [6, 6.07) is 14.1. The van der Waals surface area contributed by atoms with Crippen molar-refractivity contribution in [3.05, 3.63) is 69.4 Å². The molecule has 0 spiro atoms.